The van der Waals surface area contributed by atoms with E-state index in [0.717, 1.165) is 0 Å². The Morgan fingerprint density at radius 2 is 1.58 bits per heavy atom. The first-order valence-electron chi connectivity index (χ1n) is 12.6. The molecule has 1 aromatic rings. The summed E-state index contributed by atoms with van der Waals surface area (Å²) in [6, 6.07) is -3.92. The molecule has 0 bridgehead atoms. The van der Waals surface area contributed by atoms with Crippen LogP contribution in [-0.2, 0) is 25.6 Å². The van der Waals surface area contributed by atoms with Gasteiger partial charge in [-0.15, -0.1) is 0 Å². The minimum Gasteiger partial charge on any atom is -0.480 e. The minimum absolute atomic E-state index is 0.0934. The summed E-state index contributed by atoms with van der Waals surface area (Å²) in [6.45, 7) is 7.75. The number of aliphatic carboxylic acids is 1. The molecule has 0 aliphatic rings. The Balaban J connectivity index is 3.09. The molecule has 0 saturated carbocycles. The van der Waals surface area contributed by atoms with Crippen molar-refractivity contribution in [1.29, 1.82) is 0 Å². The highest BCUT2D eigenvalue weighted by Crippen LogP contribution is 2.11. The molecule has 0 aromatic carbocycles. The molecule has 0 radical (unpaired) electrons. The first-order valence-corrected chi connectivity index (χ1v) is 12.6. The molecular weight excluding hydrogens is 466 g/mol. The van der Waals surface area contributed by atoms with Crippen molar-refractivity contribution in [2.75, 3.05) is 6.54 Å². The number of amides is 3. The molecule has 36 heavy (non-hydrogen) atoms. The molecule has 1 aromatic heterocycles. The SMILES string of the molecule is CCC(C)C(N)C(=O)NC(Cc1cnc[nH]1)C(=O)NC(CCCCN)C(=O)NC(C(=O)O)C(C)CC. The molecule has 3 amide bonds. The first-order chi connectivity index (χ1) is 17.0. The van der Waals surface area contributed by atoms with Gasteiger partial charge in [0.15, 0.2) is 0 Å². The summed E-state index contributed by atoms with van der Waals surface area (Å²) >= 11 is 0. The number of nitrogens with two attached hydrogens (primary N) is 2. The van der Waals surface area contributed by atoms with Gasteiger partial charge in [0.25, 0.3) is 0 Å². The normalized spacial score (nSPS) is 16.2. The van der Waals surface area contributed by atoms with Crippen molar-refractivity contribution < 1.29 is 24.3 Å². The quantitative estimate of drug-likeness (QED) is 0.142. The van der Waals surface area contributed by atoms with Crippen molar-refractivity contribution in [3.63, 3.8) is 0 Å². The van der Waals surface area contributed by atoms with Crippen LogP contribution >= 0.6 is 0 Å². The molecule has 0 spiro atoms. The van der Waals surface area contributed by atoms with Crippen LogP contribution in [0.25, 0.3) is 0 Å². The van der Waals surface area contributed by atoms with Gasteiger partial charge >= 0.3 is 5.97 Å². The number of carboxylic acid groups (broad SMARTS) is 1. The van der Waals surface area contributed by atoms with E-state index in [1.54, 1.807) is 6.92 Å². The molecule has 0 fully saturated rings. The number of aromatic nitrogens is 2. The third-order valence-corrected chi connectivity index (χ3v) is 6.53. The van der Waals surface area contributed by atoms with Crippen LogP contribution in [0.3, 0.4) is 0 Å². The number of aromatic amines is 1. The van der Waals surface area contributed by atoms with E-state index in [4.69, 9.17) is 11.5 Å². The van der Waals surface area contributed by atoms with Crippen molar-refractivity contribution in [2.45, 2.75) is 90.4 Å². The standard InChI is InChI=1S/C24H43N7O5/c1-5-14(3)19(26)23(34)30-18(11-16-12-27-13-28-16)22(33)29-17(9-7-8-10-25)21(32)31-20(24(35)36)15(4)6-2/h12-15,17-20H,5-11,25-26H2,1-4H3,(H,27,28)(H,29,33)(H,30,34)(H,31,32)(H,35,36). The molecule has 6 atom stereocenters. The number of unbranched alkanes of at least 4 members (excludes halogenated alkanes) is 1. The molecule has 12 nitrogen and oxygen atoms in total. The lowest BCUT2D eigenvalue weighted by atomic mass is 9.98. The number of carboxylic acids is 1. The number of nitrogens with one attached hydrogen (secondary N) is 4. The average Bonchev–Trinajstić information content (AvgIpc) is 3.37. The van der Waals surface area contributed by atoms with Gasteiger partial charge in [-0.1, -0.05) is 40.5 Å². The highest BCUT2D eigenvalue weighted by molar-refractivity contribution is 5.94. The second-order valence-corrected chi connectivity index (χ2v) is 9.31. The molecule has 6 unspecified atom stereocenters. The van der Waals surface area contributed by atoms with E-state index < -0.39 is 47.9 Å². The highest BCUT2D eigenvalue weighted by Gasteiger charge is 2.32. The topological polar surface area (TPSA) is 205 Å². The molecule has 0 aliphatic carbocycles. The molecule has 1 rings (SSSR count). The molecule has 9 N–H and O–H groups in total. The number of H-pyrrole nitrogens is 1. The molecular formula is C24H43N7O5. The number of carbonyl (C=O) groups excluding carboxylic acids is 3. The van der Waals surface area contributed by atoms with E-state index in [9.17, 15) is 24.3 Å². The van der Waals surface area contributed by atoms with Gasteiger partial charge in [-0.05, 0) is 37.6 Å². The van der Waals surface area contributed by atoms with Crippen LogP contribution in [0.15, 0.2) is 12.5 Å². The summed E-state index contributed by atoms with van der Waals surface area (Å²) < 4.78 is 0. The summed E-state index contributed by atoms with van der Waals surface area (Å²) in [5.41, 5.74) is 12.2. The zero-order chi connectivity index (χ0) is 27.3. The third-order valence-electron chi connectivity index (χ3n) is 6.53. The predicted octanol–water partition coefficient (Wildman–Crippen LogP) is 0.0397. The van der Waals surface area contributed by atoms with Gasteiger partial charge in [-0.25, -0.2) is 9.78 Å². The Bertz CT molecular complexity index is 833. The number of carbonyl (C=O) groups is 4. The van der Waals surface area contributed by atoms with E-state index in [1.165, 1.54) is 12.5 Å². The Hall–Kier alpha value is -2.99. The predicted molar refractivity (Wildman–Crippen MR) is 136 cm³/mol. The highest BCUT2D eigenvalue weighted by atomic mass is 16.4. The van der Waals surface area contributed by atoms with Gasteiger partial charge in [0.2, 0.25) is 17.7 Å². The Kier molecular flexibility index (Phi) is 13.7. The number of nitrogens with zero attached hydrogens (tertiary/aromatic N) is 1. The summed E-state index contributed by atoms with van der Waals surface area (Å²) in [5.74, 6) is -3.21. The Labute approximate surface area is 212 Å². The molecule has 204 valence electrons. The van der Waals surface area contributed by atoms with Gasteiger partial charge < -0.3 is 37.5 Å². The van der Waals surface area contributed by atoms with E-state index >= 15 is 0 Å². The molecule has 12 heteroatoms. The Morgan fingerprint density at radius 3 is 2.11 bits per heavy atom. The molecule has 0 aliphatic heterocycles. The smallest absolute Gasteiger partial charge is 0.326 e. The van der Waals surface area contributed by atoms with Crippen LogP contribution in [-0.4, -0.2) is 69.5 Å². The zero-order valence-corrected chi connectivity index (χ0v) is 21.8. The fraction of sp³-hybridized carbons (Fsp3) is 0.708. The van der Waals surface area contributed by atoms with Gasteiger partial charge in [-0.3, -0.25) is 14.4 Å². The van der Waals surface area contributed by atoms with Gasteiger partial charge in [0.1, 0.15) is 18.1 Å². The van der Waals surface area contributed by atoms with Gasteiger partial charge in [0, 0.05) is 18.3 Å². The number of hydrogen-bond acceptors (Lipinski definition) is 7. The number of imidazole rings is 1. The van der Waals surface area contributed by atoms with Crippen molar-refractivity contribution in [2.24, 2.45) is 23.3 Å². The van der Waals surface area contributed by atoms with Crippen LogP contribution in [0.4, 0.5) is 0 Å². The summed E-state index contributed by atoms with van der Waals surface area (Å²) in [4.78, 5) is 57.7. The van der Waals surface area contributed by atoms with Crippen molar-refractivity contribution >= 4 is 23.7 Å². The maximum Gasteiger partial charge on any atom is 0.326 e. The van der Waals surface area contributed by atoms with Crippen LogP contribution < -0.4 is 27.4 Å². The van der Waals surface area contributed by atoms with E-state index in [-0.39, 0.29) is 24.7 Å². The third kappa shape index (κ3) is 9.94. The van der Waals surface area contributed by atoms with Gasteiger partial charge in [0.05, 0.1) is 12.4 Å². The van der Waals surface area contributed by atoms with Crippen LogP contribution in [0.2, 0.25) is 0 Å². The monoisotopic (exact) mass is 509 g/mol. The maximum absolute atomic E-state index is 13.3. The lowest BCUT2D eigenvalue weighted by Crippen LogP contribution is -2.58. The fourth-order valence-electron chi connectivity index (χ4n) is 3.58. The first kappa shape index (κ1) is 31.0. The summed E-state index contributed by atoms with van der Waals surface area (Å²) in [5, 5.41) is 17.5. The van der Waals surface area contributed by atoms with Crippen molar-refractivity contribution in [1.82, 2.24) is 25.9 Å². The van der Waals surface area contributed by atoms with E-state index in [1.807, 2.05) is 20.8 Å². The van der Waals surface area contributed by atoms with Crippen LogP contribution in [0, 0.1) is 11.8 Å². The molecule has 1 heterocycles. The number of hydrogen-bond donors (Lipinski definition) is 7. The zero-order valence-electron chi connectivity index (χ0n) is 21.8. The van der Waals surface area contributed by atoms with E-state index in [2.05, 4.69) is 25.9 Å². The summed E-state index contributed by atoms with van der Waals surface area (Å²) in [6.07, 6.45) is 5.78. The van der Waals surface area contributed by atoms with E-state index in [0.29, 0.717) is 37.9 Å². The largest absolute Gasteiger partial charge is 0.480 e. The van der Waals surface area contributed by atoms with Crippen molar-refractivity contribution in [3.8, 4) is 0 Å². The Morgan fingerprint density at radius 1 is 0.972 bits per heavy atom. The lowest BCUT2D eigenvalue weighted by molar-refractivity contribution is -0.144. The molecule has 0 saturated heterocycles. The van der Waals surface area contributed by atoms with Crippen LogP contribution in [0.1, 0.15) is 65.5 Å². The second kappa shape index (κ2) is 15.9. The number of rotatable bonds is 17. The van der Waals surface area contributed by atoms with Crippen LogP contribution in [0.5, 0.6) is 0 Å². The maximum atomic E-state index is 13.3. The second-order valence-electron chi connectivity index (χ2n) is 9.31. The van der Waals surface area contributed by atoms with Crippen molar-refractivity contribution in [3.05, 3.63) is 18.2 Å². The van der Waals surface area contributed by atoms with Gasteiger partial charge in [-0.2, -0.15) is 0 Å². The summed E-state index contributed by atoms with van der Waals surface area (Å²) in [7, 11) is 0. The lowest BCUT2D eigenvalue weighted by Gasteiger charge is -2.27. The minimum atomic E-state index is -1.15. The fourth-order valence-corrected chi connectivity index (χ4v) is 3.58. The average molecular weight is 510 g/mol.